The number of nitrogens with one attached hydrogen (secondary N) is 1. The molecule has 0 atom stereocenters. The molecule has 0 unspecified atom stereocenters. The van der Waals surface area contributed by atoms with Gasteiger partial charge in [0, 0.05) is 34.5 Å². The third-order valence-corrected chi connectivity index (χ3v) is 5.05. The van der Waals surface area contributed by atoms with Crippen molar-refractivity contribution in [3.63, 3.8) is 0 Å². The molecule has 31 heavy (non-hydrogen) atoms. The number of H-pyrrole nitrogens is 1. The Morgan fingerprint density at radius 1 is 1.00 bits per heavy atom. The van der Waals surface area contributed by atoms with Gasteiger partial charge in [-0.1, -0.05) is 42.0 Å². The number of aromatic nitrogens is 1. The van der Waals surface area contributed by atoms with Gasteiger partial charge in [0.25, 0.3) is 17.2 Å². The van der Waals surface area contributed by atoms with Crippen LogP contribution in [0.2, 0.25) is 0 Å². The largest absolute Gasteiger partial charge is 0.322 e. The highest BCUT2D eigenvalue weighted by Crippen LogP contribution is 2.23. The van der Waals surface area contributed by atoms with E-state index in [-0.39, 0.29) is 23.4 Å². The van der Waals surface area contributed by atoms with Gasteiger partial charge in [0.15, 0.2) is 0 Å². The van der Waals surface area contributed by atoms with Crippen LogP contribution in [0.1, 0.15) is 21.5 Å². The number of benzene rings is 3. The highest BCUT2D eigenvalue weighted by atomic mass is 16.6. The monoisotopic (exact) mass is 413 g/mol. The lowest BCUT2D eigenvalue weighted by atomic mass is 10.1. The normalized spacial score (nSPS) is 10.7. The van der Waals surface area contributed by atoms with Crippen molar-refractivity contribution in [1.29, 1.82) is 0 Å². The molecule has 1 N–H and O–H groups in total. The minimum Gasteiger partial charge on any atom is -0.322 e. The Balaban J connectivity index is 1.78. The van der Waals surface area contributed by atoms with Gasteiger partial charge in [-0.05, 0) is 42.6 Å². The Morgan fingerprint density at radius 3 is 2.48 bits per heavy atom. The van der Waals surface area contributed by atoms with Crippen LogP contribution in [-0.4, -0.2) is 15.8 Å². The topological polar surface area (TPSA) is 96.3 Å². The zero-order valence-corrected chi connectivity index (χ0v) is 16.7. The first-order valence-corrected chi connectivity index (χ1v) is 9.66. The van der Waals surface area contributed by atoms with Crippen molar-refractivity contribution in [2.45, 2.75) is 13.5 Å². The van der Waals surface area contributed by atoms with E-state index in [0.29, 0.717) is 16.8 Å². The number of aryl methyl sites for hydroxylation is 1. The molecule has 0 bridgehead atoms. The number of nitrogens with zero attached hydrogens (tertiary/aromatic N) is 2. The molecule has 0 aliphatic heterocycles. The number of hydrogen-bond acceptors (Lipinski definition) is 4. The first kappa shape index (κ1) is 20.0. The zero-order chi connectivity index (χ0) is 22.0. The lowest BCUT2D eigenvalue weighted by Crippen LogP contribution is -2.33. The van der Waals surface area contributed by atoms with Crippen LogP contribution < -0.4 is 10.5 Å². The van der Waals surface area contributed by atoms with Crippen molar-refractivity contribution in [2.24, 2.45) is 0 Å². The number of nitro groups is 1. The van der Waals surface area contributed by atoms with Gasteiger partial charge in [-0.2, -0.15) is 0 Å². The van der Waals surface area contributed by atoms with Crippen LogP contribution in [0.15, 0.2) is 83.7 Å². The van der Waals surface area contributed by atoms with Gasteiger partial charge < -0.3 is 9.88 Å². The molecule has 4 rings (SSSR count). The van der Waals surface area contributed by atoms with Gasteiger partial charge in [-0.25, -0.2) is 0 Å². The molecule has 4 aromatic rings. The summed E-state index contributed by atoms with van der Waals surface area (Å²) in [6, 6.07) is 22.1. The molecule has 0 saturated carbocycles. The number of nitro benzene ring substituents is 1. The lowest BCUT2D eigenvalue weighted by Gasteiger charge is -2.23. The van der Waals surface area contributed by atoms with E-state index < -0.39 is 10.8 Å². The minimum atomic E-state index is -0.541. The van der Waals surface area contributed by atoms with E-state index in [1.807, 2.05) is 43.3 Å². The number of carbonyl (C=O) groups excluding carboxylic acids is 1. The first-order valence-electron chi connectivity index (χ1n) is 9.66. The molecule has 0 aliphatic carbocycles. The summed E-state index contributed by atoms with van der Waals surface area (Å²) >= 11 is 0. The van der Waals surface area contributed by atoms with Crippen molar-refractivity contribution in [1.82, 2.24) is 4.98 Å². The van der Waals surface area contributed by atoms with Crippen LogP contribution in [0.3, 0.4) is 0 Å². The van der Waals surface area contributed by atoms with E-state index >= 15 is 0 Å². The van der Waals surface area contributed by atoms with Gasteiger partial charge in [-0.15, -0.1) is 0 Å². The molecule has 1 heterocycles. The summed E-state index contributed by atoms with van der Waals surface area (Å²) in [5.74, 6) is -0.430. The van der Waals surface area contributed by atoms with Crippen molar-refractivity contribution in [2.75, 3.05) is 4.90 Å². The van der Waals surface area contributed by atoms with Gasteiger partial charge >= 0.3 is 0 Å². The summed E-state index contributed by atoms with van der Waals surface area (Å²) in [6.07, 6.45) is 0. The zero-order valence-electron chi connectivity index (χ0n) is 16.7. The molecular weight excluding hydrogens is 394 g/mol. The Labute approximate surface area is 177 Å². The highest BCUT2D eigenvalue weighted by Gasteiger charge is 2.21. The molecule has 7 nitrogen and oxygen atoms in total. The molecule has 154 valence electrons. The standard InChI is InChI=1S/C24H19N3O4/c1-16-9-11-20(12-10-16)26(24(29)18-6-4-7-21(14-18)27(30)31)15-19-13-17-5-2-3-8-22(17)25-23(19)28/h2-14H,15H2,1H3,(H,25,28). The summed E-state index contributed by atoms with van der Waals surface area (Å²) in [4.78, 5) is 41.0. The summed E-state index contributed by atoms with van der Waals surface area (Å²) in [5, 5.41) is 12.0. The SMILES string of the molecule is Cc1ccc(N(Cc2cc3ccccc3[nH]c2=O)C(=O)c2cccc([N+](=O)[O-])c2)cc1. The number of fused-ring (bicyclic) bond motifs is 1. The van der Waals surface area contributed by atoms with E-state index in [0.717, 1.165) is 10.9 Å². The third-order valence-electron chi connectivity index (χ3n) is 5.05. The second kappa shape index (κ2) is 8.23. The Bertz CT molecular complexity index is 1340. The average molecular weight is 413 g/mol. The van der Waals surface area contributed by atoms with Crippen LogP contribution in [0.5, 0.6) is 0 Å². The van der Waals surface area contributed by atoms with Crippen molar-refractivity contribution in [3.05, 3.63) is 116 Å². The molecule has 0 spiro atoms. The average Bonchev–Trinajstić information content (AvgIpc) is 2.78. The Kier molecular flexibility index (Phi) is 5.32. The maximum Gasteiger partial charge on any atom is 0.270 e. The quantitative estimate of drug-likeness (QED) is 0.382. The number of para-hydroxylation sites is 1. The van der Waals surface area contributed by atoms with Crippen molar-refractivity contribution in [3.8, 4) is 0 Å². The van der Waals surface area contributed by atoms with Crippen molar-refractivity contribution >= 4 is 28.2 Å². The smallest absolute Gasteiger partial charge is 0.270 e. The van der Waals surface area contributed by atoms with Crippen LogP contribution in [0.4, 0.5) is 11.4 Å². The summed E-state index contributed by atoms with van der Waals surface area (Å²) in [5.41, 5.74) is 2.46. The fraction of sp³-hybridized carbons (Fsp3) is 0.0833. The van der Waals surface area contributed by atoms with Crippen molar-refractivity contribution < 1.29 is 9.72 Å². The number of pyridine rings is 1. The molecular formula is C24H19N3O4. The van der Waals surface area contributed by atoms with Crippen LogP contribution >= 0.6 is 0 Å². The molecule has 0 radical (unpaired) electrons. The van der Waals surface area contributed by atoms with E-state index in [1.165, 1.54) is 29.2 Å². The number of carbonyl (C=O) groups is 1. The van der Waals surface area contributed by atoms with Crippen LogP contribution in [-0.2, 0) is 6.54 Å². The van der Waals surface area contributed by atoms with E-state index in [2.05, 4.69) is 4.98 Å². The van der Waals surface area contributed by atoms with Gasteiger partial charge in [0.1, 0.15) is 0 Å². The molecule has 0 aliphatic rings. The molecule has 1 aromatic heterocycles. The maximum absolute atomic E-state index is 13.4. The molecule has 0 fully saturated rings. The number of amides is 1. The van der Waals surface area contributed by atoms with Crippen LogP contribution in [0.25, 0.3) is 10.9 Å². The fourth-order valence-corrected chi connectivity index (χ4v) is 3.39. The van der Waals surface area contributed by atoms with Gasteiger partial charge in [0.05, 0.1) is 11.5 Å². The van der Waals surface area contributed by atoms with Gasteiger partial charge in [0.2, 0.25) is 0 Å². The molecule has 1 amide bonds. The highest BCUT2D eigenvalue weighted by molar-refractivity contribution is 6.06. The summed E-state index contributed by atoms with van der Waals surface area (Å²) in [7, 11) is 0. The second-order valence-corrected chi connectivity index (χ2v) is 7.25. The predicted octanol–water partition coefficient (Wildman–Crippen LogP) is 4.59. The number of anilines is 1. The third kappa shape index (κ3) is 4.20. The number of rotatable bonds is 5. The van der Waals surface area contributed by atoms with E-state index in [1.54, 1.807) is 18.2 Å². The lowest BCUT2D eigenvalue weighted by molar-refractivity contribution is -0.384. The molecule has 7 heteroatoms. The predicted molar refractivity (Wildman–Crippen MR) is 119 cm³/mol. The van der Waals surface area contributed by atoms with Gasteiger partial charge in [-0.3, -0.25) is 19.7 Å². The Morgan fingerprint density at radius 2 is 1.74 bits per heavy atom. The van der Waals surface area contributed by atoms with E-state index in [9.17, 15) is 19.7 Å². The fourth-order valence-electron chi connectivity index (χ4n) is 3.39. The minimum absolute atomic E-state index is 0.0186. The first-order chi connectivity index (χ1) is 14.9. The second-order valence-electron chi connectivity index (χ2n) is 7.25. The maximum atomic E-state index is 13.4. The van der Waals surface area contributed by atoms with Crippen LogP contribution in [0, 0.1) is 17.0 Å². The number of hydrogen-bond donors (Lipinski definition) is 1. The Hall–Kier alpha value is -4.26. The molecule has 0 saturated heterocycles. The molecule has 3 aromatic carbocycles. The van der Waals surface area contributed by atoms with E-state index in [4.69, 9.17) is 0 Å². The number of non-ortho nitro benzene ring substituents is 1. The number of aromatic amines is 1. The summed E-state index contributed by atoms with van der Waals surface area (Å²) < 4.78 is 0. The summed E-state index contributed by atoms with van der Waals surface area (Å²) in [6.45, 7) is 1.95.